The second-order valence-corrected chi connectivity index (χ2v) is 6.10. The van der Waals surface area contributed by atoms with Crippen molar-refractivity contribution in [3.63, 3.8) is 0 Å². The molecular formula is C14H22N2O4. The number of aromatic nitrogens is 1. The van der Waals surface area contributed by atoms with Crippen LogP contribution in [0.1, 0.15) is 51.1 Å². The third kappa shape index (κ3) is 3.72. The lowest BCUT2D eigenvalue weighted by Gasteiger charge is -2.32. The van der Waals surface area contributed by atoms with E-state index in [1.165, 1.54) is 6.26 Å². The van der Waals surface area contributed by atoms with Crippen molar-refractivity contribution in [3.05, 3.63) is 17.8 Å². The molecule has 6 nitrogen and oxygen atoms in total. The number of carbonyl (C=O) groups is 1. The lowest BCUT2D eigenvalue weighted by molar-refractivity contribution is 0.0190. The summed E-state index contributed by atoms with van der Waals surface area (Å²) >= 11 is 0. The van der Waals surface area contributed by atoms with Crippen LogP contribution in [0.5, 0.6) is 0 Å². The Morgan fingerprint density at radius 3 is 2.95 bits per heavy atom. The minimum absolute atomic E-state index is 0.0663. The van der Waals surface area contributed by atoms with Gasteiger partial charge in [-0.2, -0.15) is 0 Å². The smallest absolute Gasteiger partial charge is 0.410 e. The maximum Gasteiger partial charge on any atom is 0.410 e. The van der Waals surface area contributed by atoms with Gasteiger partial charge in [0, 0.05) is 13.1 Å². The summed E-state index contributed by atoms with van der Waals surface area (Å²) in [5.74, 6) is 0.652. The van der Waals surface area contributed by atoms with Crippen molar-refractivity contribution in [3.8, 4) is 0 Å². The number of rotatable bonds is 2. The summed E-state index contributed by atoms with van der Waals surface area (Å²) < 4.78 is 10.8. The molecule has 1 aromatic rings. The Labute approximate surface area is 118 Å². The third-order valence-electron chi connectivity index (χ3n) is 3.15. The fraction of sp³-hybridized carbons (Fsp3) is 0.714. The van der Waals surface area contributed by atoms with Gasteiger partial charge in [0.25, 0.3) is 0 Å². The zero-order chi connectivity index (χ0) is 14.8. The molecule has 0 radical (unpaired) electrons. The van der Waals surface area contributed by atoms with Crippen LogP contribution in [-0.4, -0.2) is 39.8 Å². The highest BCUT2D eigenvalue weighted by molar-refractivity contribution is 5.68. The van der Waals surface area contributed by atoms with Gasteiger partial charge >= 0.3 is 6.09 Å². The van der Waals surface area contributed by atoms with Gasteiger partial charge in [-0.25, -0.2) is 9.78 Å². The number of nitrogens with zero attached hydrogens (tertiary/aromatic N) is 2. The van der Waals surface area contributed by atoms with Gasteiger partial charge in [-0.05, 0) is 33.6 Å². The van der Waals surface area contributed by atoms with E-state index in [1.807, 2.05) is 20.8 Å². The van der Waals surface area contributed by atoms with Crippen LogP contribution >= 0.6 is 0 Å². The minimum Gasteiger partial charge on any atom is -0.448 e. The van der Waals surface area contributed by atoms with Gasteiger partial charge in [-0.3, -0.25) is 0 Å². The molecule has 1 unspecified atom stereocenters. The first-order chi connectivity index (χ1) is 9.39. The summed E-state index contributed by atoms with van der Waals surface area (Å²) in [4.78, 5) is 18.0. The van der Waals surface area contributed by atoms with Gasteiger partial charge in [0.1, 0.15) is 17.6 Å². The number of aliphatic hydroxyl groups excluding tert-OH is 1. The fourth-order valence-electron chi connectivity index (χ4n) is 2.25. The number of likely N-dealkylation sites (tertiary alicyclic amines) is 1. The topological polar surface area (TPSA) is 75.8 Å². The van der Waals surface area contributed by atoms with Gasteiger partial charge in [-0.15, -0.1) is 0 Å². The van der Waals surface area contributed by atoms with Crippen molar-refractivity contribution < 1.29 is 19.1 Å². The van der Waals surface area contributed by atoms with E-state index in [4.69, 9.17) is 14.3 Å². The first-order valence-corrected chi connectivity index (χ1v) is 6.92. The number of piperidine rings is 1. The van der Waals surface area contributed by atoms with Crippen LogP contribution in [0.2, 0.25) is 0 Å². The van der Waals surface area contributed by atoms with Crippen LogP contribution in [0.15, 0.2) is 10.7 Å². The molecule has 2 rings (SSSR count). The molecule has 2 heterocycles. The molecule has 1 fully saturated rings. The number of aliphatic hydroxyl groups is 1. The number of hydrogen-bond acceptors (Lipinski definition) is 5. The van der Waals surface area contributed by atoms with Crippen molar-refractivity contribution >= 4 is 6.09 Å². The standard InChI is InChI=1S/C14H22N2O4/c1-14(2,3)20-13(18)16-6-4-5-10(7-16)12-15-11(8-17)9-19-12/h9-10,17H,4-8H2,1-3H3. The Kier molecular flexibility index (Phi) is 4.32. The molecule has 1 saturated heterocycles. The molecule has 1 atom stereocenters. The van der Waals surface area contributed by atoms with E-state index in [2.05, 4.69) is 4.98 Å². The Morgan fingerprint density at radius 2 is 2.35 bits per heavy atom. The Morgan fingerprint density at radius 1 is 1.60 bits per heavy atom. The molecule has 0 spiro atoms. The van der Waals surface area contributed by atoms with Gasteiger partial charge < -0.3 is 19.2 Å². The maximum atomic E-state index is 12.1. The molecule has 1 aromatic heterocycles. The number of hydrogen-bond donors (Lipinski definition) is 1. The number of carbonyl (C=O) groups excluding carboxylic acids is 1. The predicted octanol–water partition coefficient (Wildman–Crippen LogP) is 2.28. The van der Waals surface area contributed by atoms with Crippen molar-refractivity contribution in [2.45, 2.75) is 51.7 Å². The van der Waals surface area contributed by atoms with Crippen molar-refractivity contribution in [1.29, 1.82) is 0 Å². The highest BCUT2D eigenvalue weighted by atomic mass is 16.6. The Balaban J connectivity index is 1.99. The van der Waals surface area contributed by atoms with Crippen molar-refractivity contribution in [2.24, 2.45) is 0 Å². The lowest BCUT2D eigenvalue weighted by atomic mass is 9.98. The van der Waals surface area contributed by atoms with Crippen molar-refractivity contribution in [1.82, 2.24) is 9.88 Å². The fourth-order valence-corrected chi connectivity index (χ4v) is 2.25. The van der Waals surface area contributed by atoms with Gasteiger partial charge in [0.15, 0.2) is 5.89 Å². The van der Waals surface area contributed by atoms with Crippen LogP contribution in [0.4, 0.5) is 4.79 Å². The molecule has 0 aliphatic carbocycles. The van der Waals surface area contributed by atoms with Gasteiger partial charge in [-0.1, -0.05) is 0 Å². The first kappa shape index (κ1) is 14.8. The molecule has 1 N–H and O–H groups in total. The van der Waals surface area contributed by atoms with Crippen LogP contribution < -0.4 is 0 Å². The molecule has 0 aromatic carbocycles. The summed E-state index contributed by atoms with van der Waals surface area (Å²) in [7, 11) is 0. The van der Waals surface area contributed by atoms with E-state index in [0.717, 1.165) is 12.8 Å². The van der Waals surface area contributed by atoms with Crippen LogP contribution in [0.25, 0.3) is 0 Å². The number of ether oxygens (including phenoxy) is 1. The van der Waals surface area contributed by atoms with Crippen LogP contribution in [-0.2, 0) is 11.3 Å². The van der Waals surface area contributed by atoms with Crippen molar-refractivity contribution in [2.75, 3.05) is 13.1 Å². The molecule has 1 aliphatic rings. The van der Waals surface area contributed by atoms with Crippen LogP contribution in [0, 0.1) is 0 Å². The first-order valence-electron chi connectivity index (χ1n) is 6.92. The Hall–Kier alpha value is -1.56. The third-order valence-corrected chi connectivity index (χ3v) is 3.15. The highest BCUT2D eigenvalue weighted by Crippen LogP contribution is 2.27. The summed E-state index contributed by atoms with van der Waals surface area (Å²) in [5, 5.41) is 9.01. The van der Waals surface area contributed by atoms with Gasteiger partial charge in [0.05, 0.1) is 12.5 Å². The number of oxazole rings is 1. The van der Waals surface area contributed by atoms with E-state index < -0.39 is 5.60 Å². The highest BCUT2D eigenvalue weighted by Gasteiger charge is 2.30. The monoisotopic (exact) mass is 282 g/mol. The average Bonchev–Trinajstić information content (AvgIpc) is 2.85. The molecule has 1 aliphatic heterocycles. The average molecular weight is 282 g/mol. The number of amides is 1. The summed E-state index contributed by atoms with van der Waals surface area (Å²) in [6, 6.07) is 0. The van der Waals surface area contributed by atoms with Gasteiger partial charge in [0.2, 0.25) is 0 Å². The van der Waals surface area contributed by atoms with E-state index in [9.17, 15) is 4.79 Å². The predicted molar refractivity (Wildman–Crippen MR) is 72.2 cm³/mol. The molecule has 1 amide bonds. The SMILES string of the molecule is CC(C)(C)OC(=O)N1CCCC(c2nc(CO)co2)C1. The van der Waals surface area contributed by atoms with E-state index in [1.54, 1.807) is 4.90 Å². The second kappa shape index (κ2) is 5.83. The minimum atomic E-state index is -0.489. The normalized spacial score (nSPS) is 20.0. The zero-order valence-electron chi connectivity index (χ0n) is 12.3. The molecule has 0 saturated carbocycles. The van der Waals surface area contributed by atoms with Crippen LogP contribution in [0.3, 0.4) is 0 Å². The summed E-state index contributed by atoms with van der Waals surface area (Å²) in [6.07, 6.45) is 2.98. The zero-order valence-corrected chi connectivity index (χ0v) is 12.3. The van der Waals surface area contributed by atoms with E-state index in [-0.39, 0.29) is 18.6 Å². The molecule has 6 heteroatoms. The molecule has 20 heavy (non-hydrogen) atoms. The quantitative estimate of drug-likeness (QED) is 0.900. The largest absolute Gasteiger partial charge is 0.448 e. The summed E-state index contributed by atoms with van der Waals surface area (Å²) in [6.45, 7) is 6.67. The maximum absolute atomic E-state index is 12.1. The second-order valence-electron chi connectivity index (χ2n) is 6.10. The molecule has 112 valence electrons. The molecule has 0 bridgehead atoms. The summed E-state index contributed by atoms with van der Waals surface area (Å²) in [5.41, 5.74) is 0.0335. The van der Waals surface area contributed by atoms with E-state index >= 15 is 0 Å². The van der Waals surface area contributed by atoms with E-state index in [0.29, 0.717) is 24.7 Å². The lowest BCUT2D eigenvalue weighted by Crippen LogP contribution is -2.42. The Bertz CT molecular complexity index is 464. The molecular weight excluding hydrogens is 260 g/mol.